The minimum atomic E-state index is 0.782. The van der Waals surface area contributed by atoms with Crippen molar-refractivity contribution in [2.24, 2.45) is 0 Å². The first kappa shape index (κ1) is 12.5. The van der Waals surface area contributed by atoms with Crippen molar-refractivity contribution in [2.75, 3.05) is 20.1 Å². The molecule has 0 spiro atoms. The highest BCUT2D eigenvalue weighted by molar-refractivity contribution is 5.09. The first-order chi connectivity index (χ1) is 8.34. The van der Waals surface area contributed by atoms with Gasteiger partial charge in [-0.25, -0.2) is 0 Å². The van der Waals surface area contributed by atoms with E-state index in [2.05, 4.69) is 34.4 Å². The summed E-state index contributed by atoms with van der Waals surface area (Å²) in [6.45, 7) is 3.43. The Kier molecular flexibility index (Phi) is 4.95. The number of rotatable bonds is 6. The van der Waals surface area contributed by atoms with Gasteiger partial charge < -0.3 is 10.2 Å². The van der Waals surface area contributed by atoms with E-state index in [4.69, 9.17) is 0 Å². The zero-order valence-electron chi connectivity index (χ0n) is 10.7. The summed E-state index contributed by atoms with van der Waals surface area (Å²) in [6.07, 6.45) is 9.07. The molecular weight excluding hydrogens is 210 g/mol. The maximum atomic E-state index is 4.04. The molecule has 1 N–H and O–H groups in total. The zero-order valence-corrected chi connectivity index (χ0v) is 10.7. The first-order valence-corrected chi connectivity index (χ1v) is 6.65. The van der Waals surface area contributed by atoms with Crippen molar-refractivity contribution in [1.82, 2.24) is 15.2 Å². The number of pyridine rings is 1. The molecule has 2 rings (SSSR count). The molecule has 2 heterocycles. The van der Waals surface area contributed by atoms with Crippen LogP contribution in [0.5, 0.6) is 0 Å². The summed E-state index contributed by atoms with van der Waals surface area (Å²) in [5, 5.41) is 3.55. The molecule has 3 nitrogen and oxygen atoms in total. The van der Waals surface area contributed by atoms with Crippen molar-refractivity contribution in [3.63, 3.8) is 0 Å². The van der Waals surface area contributed by atoms with Crippen LogP contribution < -0.4 is 5.32 Å². The van der Waals surface area contributed by atoms with Gasteiger partial charge >= 0.3 is 0 Å². The number of nitrogens with zero attached hydrogens (tertiary/aromatic N) is 2. The summed E-state index contributed by atoms with van der Waals surface area (Å²) in [4.78, 5) is 6.43. The quantitative estimate of drug-likeness (QED) is 0.815. The summed E-state index contributed by atoms with van der Waals surface area (Å²) in [5.41, 5.74) is 1.35. The predicted molar refractivity (Wildman–Crippen MR) is 70.8 cm³/mol. The topological polar surface area (TPSA) is 28.2 Å². The van der Waals surface area contributed by atoms with Crippen molar-refractivity contribution in [3.8, 4) is 0 Å². The molecule has 0 saturated carbocycles. The predicted octanol–water partition coefficient (Wildman–Crippen LogP) is 2.05. The average Bonchev–Trinajstić information content (AvgIpc) is 2.83. The SMILES string of the molecule is CN(CCCC1CCCN1)Cc1ccncc1. The number of aromatic nitrogens is 1. The summed E-state index contributed by atoms with van der Waals surface area (Å²) in [6, 6.07) is 4.97. The monoisotopic (exact) mass is 233 g/mol. The Morgan fingerprint density at radius 1 is 1.41 bits per heavy atom. The van der Waals surface area contributed by atoms with Gasteiger partial charge in [0.2, 0.25) is 0 Å². The molecule has 1 unspecified atom stereocenters. The Morgan fingerprint density at radius 2 is 2.24 bits per heavy atom. The Hall–Kier alpha value is -0.930. The van der Waals surface area contributed by atoms with Gasteiger partial charge in [0.25, 0.3) is 0 Å². The van der Waals surface area contributed by atoms with E-state index >= 15 is 0 Å². The summed E-state index contributed by atoms with van der Waals surface area (Å²) < 4.78 is 0. The minimum Gasteiger partial charge on any atom is -0.314 e. The average molecular weight is 233 g/mol. The number of hydrogen-bond donors (Lipinski definition) is 1. The molecule has 0 aromatic carbocycles. The van der Waals surface area contributed by atoms with Gasteiger partial charge in [0.05, 0.1) is 0 Å². The van der Waals surface area contributed by atoms with Gasteiger partial charge in [0.15, 0.2) is 0 Å². The molecular formula is C14H23N3. The van der Waals surface area contributed by atoms with E-state index in [1.54, 1.807) is 0 Å². The van der Waals surface area contributed by atoms with Crippen LogP contribution >= 0.6 is 0 Å². The largest absolute Gasteiger partial charge is 0.314 e. The second-order valence-corrected chi connectivity index (χ2v) is 5.03. The third kappa shape index (κ3) is 4.44. The zero-order chi connectivity index (χ0) is 11.9. The van der Waals surface area contributed by atoms with Gasteiger partial charge in [-0.15, -0.1) is 0 Å². The van der Waals surface area contributed by atoms with E-state index < -0.39 is 0 Å². The molecule has 1 aliphatic rings. The van der Waals surface area contributed by atoms with Crippen LogP contribution in [0, 0.1) is 0 Å². The molecule has 0 bridgehead atoms. The van der Waals surface area contributed by atoms with E-state index in [-0.39, 0.29) is 0 Å². The fourth-order valence-corrected chi connectivity index (χ4v) is 2.49. The van der Waals surface area contributed by atoms with Crippen LogP contribution in [0.3, 0.4) is 0 Å². The van der Waals surface area contributed by atoms with Gasteiger partial charge in [0, 0.05) is 25.0 Å². The molecule has 1 fully saturated rings. The second kappa shape index (κ2) is 6.72. The maximum Gasteiger partial charge on any atom is 0.0271 e. The van der Waals surface area contributed by atoms with Crippen LogP contribution in [0.1, 0.15) is 31.2 Å². The molecule has 0 amide bonds. The van der Waals surface area contributed by atoms with Crippen molar-refractivity contribution >= 4 is 0 Å². The first-order valence-electron chi connectivity index (χ1n) is 6.65. The molecule has 1 aromatic heterocycles. The number of hydrogen-bond acceptors (Lipinski definition) is 3. The van der Waals surface area contributed by atoms with Crippen molar-refractivity contribution in [3.05, 3.63) is 30.1 Å². The van der Waals surface area contributed by atoms with E-state index in [1.807, 2.05) is 12.4 Å². The molecule has 0 radical (unpaired) electrons. The standard InChI is InChI=1S/C14H23N3/c1-17(12-13-6-9-15-10-7-13)11-3-5-14-4-2-8-16-14/h6-7,9-10,14,16H,2-5,8,11-12H2,1H3. The minimum absolute atomic E-state index is 0.782. The fraction of sp³-hybridized carbons (Fsp3) is 0.643. The van der Waals surface area contributed by atoms with Crippen molar-refractivity contribution in [2.45, 2.75) is 38.3 Å². The van der Waals surface area contributed by atoms with Crippen LogP contribution in [-0.4, -0.2) is 36.1 Å². The molecule has 94 valence electrons. The van der Waals surface area contributed by atoms with Crippen LogP contribution in [-0.2, 0) is 6.54 Å². The van der Waals surface area contributed by atoms with Crippen LogP contribution in [0.25, 0.3) is 0 Å². The Bertz CT molecular complexity index is 307. The van der Waals surface area contributed by atoms with Gasteiger partial charge in [-0.05, 0) is 63.5 Å². The van der Waals surface area contributed by atoms with Gasteiger partial charge in [-0.1, -0.05) is 0 Å². The Morgan fingerprint density at radius 3 is 2.94 bits per heavy atom. The normalized spacial score (nSPS) is 20.0. The van der Waals surface area contributed by atoms with E-state index in [1.165, 1.54) is 44.3 Å². The highest BCUT2D eigenvalue weighted by atomic mass is 15.1. The van der Waals surface area contributed by atoms with Gasteiger partial charge in [-0.2, -0.15) is 0 Å². The highest BCUT2D eigenvalue weighted by Crippen LogP contribution is 2.11. The third-order valence-electron chi connectivity index (χ3n) is 3.46. The summed E-state index contributed by atoms with van der Waals surface area (Å²) >= 11 is 0. The maximum absolute atomic E-state index is 4.04. The molecule has 3 heteroatoms. The lowest BCUT2D eigenvalue weighted by atomic mass is 10.1. The van der Waals surface area contributed by atoms with Crippen LogP contribution in [0.2, 0.25) is 0 Å². The Labute approximate surface area is 104 Å². The molecule has 1 saturated heterocycles. The lowest BCUT2D eigenvalue weighted by molar-refractivity contribution is 0.311. The third-order valence-corrected chi connectivity index (χ3v) is 3.46. The van der Waals surface area contributed by atoms with Crippen molar-refractivity contribution in [1.29, 1.82) is 0 Å². The summed E-state index contributed by atoms with van der Waals surface area (Å²) in [5.74, 6) is 0. The van der Waals surface area contributed by atoms with Crippen LogP contribution in [0.4, 0.5) is 0 Å². The van der Waals surface area contributed by atoms with Crippen LogP contribution in [0.15, 0.2) is 24.5 Å². The highest BCUT2D eigenvalue weighted by Gasteiger charge is 2.13. The molecule has 1 aliphatic heterocycles. The molecule has 0 aliphatic carbocycles. The lowest BCUT2D eigenvalue weighted by Crippen LogP contribution is -2.24. The van der Waals surface area contributed by atoms with E-state index in [0.29, 0.717) is 0 Å². The molecule has 17 heavy (non-hydrogen) atoms. The smallest absolute Gasteiger partial charge is 0.0271 e. The van der Waals surface area contributed by atoms with Crippen molar-refractivity contribution < 1.29 is 0 Å². The summed E-state index contributed by atoms with van der Waals surface area (Å²) in [7, 11) is 2.20. The fourth-order valence-electron chi connectivity index (χ4n) is 2.49. The van der Waals surface area contributed by atoms with Gasteiger partial charge in [-0.3, -0.25) is 4.98 Å². The lowest BCUT2D eigenvalue weighted by Gasteiger charge is -2.18. The Balaban J connectivity index is 1.62. The molecule has 1 atom stereocenters. The van der Waals surface area contributed by atoms with E-state index in [9.17, 15) is 0 Å². The second-order valence-electron chi connectivity index (χ2n) is 5.03. The van der Waals surface area contributed by atoms with E-state index in [0.717, 1.165) is 12.6 Å². The molecule has 1 aromatic rings. The van der Waals surface area contributed by atoms with Gasteiger partial charge in [0.1, 0.15) is 0 Å². The number of nitrogens with one attached hydrogen (secondary N) is 1.